The smallest absolute Gasteiger partial charge is 0.137 e. The minimum Gasteiger partial charge on any atom is -0.496 e. The first-order valence-electron chi connectivity index (χ1n) is 4.50. The van der Waals surface area contributed by atoms with E-state index in [0.717, 1.165) is 22.3 Å². The van der Waals surface area contributed by atoms with E-state index >= 15 is 0 Å². The van der Waals surface area contributed by atoms with E-state index < -0.39 is 0 Å². The molecule has 0 bridgehead atoms. The fraction of sp³-hybridized carbons (Fsp3) is 0.273. The lowest BCUT2D eigenvalue weighted by atomic mass is 10.1. The van der Waals surface area contributed by atoms with Gasteiger partial charge in [-0.2, -0.15) is 0 Å². The molecule has 1 aromatic heterocycles. The molecule has 0 aliphatic carbocycles. The summed E-state index contributed by atoms with van der Waals surface area (Å²) in [6.45, 7) is 0.125. The van der Waals surface area contributed by atoms with Crippen molar-refractivity contribution in [3.05, 3.63) is 30.0 Å². The quantitative estimate of drug-likeness (QED) is 0.808. The van der Waals surface area contributed by atoms with Gasteiger partial charge in [-0.1, -0.05) is 0 Å². The molecule has 0 radical (unpaired) electrons. The van der Waals surface area contributed by atoms with Crippen LogP contribution in [0.15, 0.2) is 28.9 Å². The van der Waals surface area contributed by atoms with Crippen LogP contribution in [-0.4, -0.2) is 18.8 Å². The zero-order valence-corrected chi connectivity index (χ0v) is 7.99. The Kier molecular flexibility index (Phi) is 2.41. The predicted molar refractivity (Wildman–Crippen MR) is 53.6 cm³/mol. The van der Waals surface area contributed by atoms with Gasteiger partial charge in [0.25, 0.3) is 0 Å². The first-order valence-corrected chi connectivity index (χ1v) is 4.50. The van der Waals surface area contributed by atoms with E-state index in [0.29, 0.717) is 6.42 Å². The summed E-state index contributed by atoms with van der Waals surface area (Å²) < 4.78 is 10.5. The molecular formula is C11H12O3. The summed E-state index contributed by atoms with van der Waals surface area (Å²) in [5, 5.41) is 9.92. The Morgan fingerprint density at radius 3 is 3.00 bits per heavy atom. The van der Waals surface area contributed by atoms with Crippen molar-refractivity contribution in [1.29, 1.82) is 0 Å². The van der Waals surface area contributed by atoms with E-state index in [1.807, 2.05) is 18.2 Å². The molecule has 3 nitrogen and oxygen atoms in total. The van der Waals surface area contributed by atoms with Gasteiger partial charge < -0.3 is 14.3 Å². The summed E-state index contributed by atoms with van der Waals surface area (Å²) in [6, 6.07) is 5.73. The summed E-state index contributed by atoms with van der Waals surface area (Å²) in [7, 11) is 1.62. The Balaban J connectivity index is 2.54. The second kappa shape index (κ2) is 3.72. The number of benzene rings is 1. The second-order valence-electron chi connectivity index (χ2n) is 3.10. The highest BCUT2D eigenvalue weighted by molar-refractivity contribution is 5.80. The van der Waals surface area contributed by atoms with Crippen molar-refractivity contribution in [1.82, 2.24) is 0 Å². The van der Waals surface area contributed by atoms with Gasteiger partial charge in [-0.25, -0.2) is 0 Å². The lowest BCUT2D eigenvalue weighted by Crippen LogP contribution is -1.95. The third kappa shape index (κ3) is 1.46. The maximum absolute atomic E-state index is 8.88. The van der Waals surface area contributed by atoms with Crippen LogP contribution >= 0.6 is 0 Å². The minimum atomic E-state index is 0.125. The monoisotopic (exact) mass is 192 g/mol. The van der Waals surface area contributed by atoms with Gasteiger partial charge in [-0.05, 0) is 24.1 Å². The summed E-state index contributed by atoms with van der Waals surface area (Å²) in [6.07, 6.45) is 2.25. The number of aliphatic hydroxyl groups is 1. The highest BCUT2D eigenvalue weighted by Crippen LogP contribution is 2.26. The maximum Gasteiger partial charge on any atom is 0.137 e. The number of ether oxygens (including phenoxy) is 1. The molecule has 1 N–H and O–H groups in total. The maximum atomic E-state index is 8.88. The molecule has 0 spiro atoms. The van der Waals surface area contributed by atoms with E-state index in [4.69, 9.17) is 14.3 Å². The van der Waals surface area contributed by atoms with Crippen LogP contribution in [0.25, 0.3) is 11.0 Å². The highest BCUT2D eigenvalue weighted by atomic mass is 16.5. The minimum absolute atomic E-state index is 0.125. The normalized spacial score (nSPS) is 10.7. The summed E-state index contributed by atoms with van der Waals surface area (Å²) in [4.78, 5) is 0. The second-order valence-corrected chi connectivity index (χ2v) is 3.10. The van der Waals surface area contributed by atoms with Crippen molar-refractivity contribution < 1.29 is 14.3 Å². The average Bonchev–Trinajstić information content (AvgIpc) is 2.64. The van der Waals surface area contributed by atoms with Crippen molar-refractivity contribution in [2.24, 2.45) is 0 Å². The third-order valence-electron chi connectivity index (χ3n) is 2.24. The molecule has 0 saturated heterocycles. The fourth-order valence-corrected chi connectivity index (χ4v) is 1.54. The van der Waals surface area contributed by atoms with E-state index in [2.05, 4.69) is 0 Å². The van der Waals surface area contributed by atoms with Crippen LogP contribution in [0.5, 0.6) is 5.75 Å². The van der Waals surface area contributed by atoms with Crippen LogP contribution in [0.1, 0.15) is 5.56 Å². The molecule has 74 valence electrons. The predicted octanol–water partition coefficient (Wildman–Crippen LogP) is 1.98. The Morgan fingerprint density at radius 2 is 2.29 bits per heavy atom. The van der Waals surface area contributed by atoms with Gasteiger partial charge in [0, 0.05) is 18.1 Å². The van der Waals surface area contributed by atoms with Gasteiger partial charge in [0.15, 0.2) is 0 Å². The Labute approximate surface area is 81.9 Å². The third-order valence-corrected chi connectivity index (χ3v) is 2.24. The molecule has 1 aromatic carbocycles. The molecule has 0 atom stereocenters. The Bertz CT molecular complexity index is 431. The number of hydrogen-bond donors (Lipinski definition) is 1. The lowest BCUT2D eigenvalue weighted by molar-refractivity contribution is 0.297. The molecule has 14 heavy (non-hydrogen) atoms. The average molecular weight is 192 g/mol. The van der Waals surface area contributed by atoms with Crippen LogP contribution in [0.3, 0.4) is 0 Å². The molecule has 0 aliphatic rings. The van der Waals surface area contributed by atoms with E-state index in [1.54, 1.807) is 13.4 Å². The summed E-state index contributed by atoms with van der Waals surface area (Å²) in [5.74, 6) is 0.765. The van der Waals surface area contributed by atoms with Crippen LogP contribution < -0.4 is 4.74 Å². The van der Waals surface area contributed by atoms with Gasteiger partial charge in [0.05, 0.1) is 13.4 Å². The van der Waals surface area contributed by atoms with Crippen molar-refractivity contribution in [2.45, 2.75) is 6.42 Å². The van der Waals surface area contributed by atoms with Crippen LogP contribution in [-0.2, 0) is 6.42 Å². The lowest BCUT2D eigenvalue weighted by Gasteiger charge is -2.06. The zero-order valence-electron chi connectivity index (χ0n) is 7.99. The molecule has 0 fully saturated rings. The Morgan fingerprint density at radius 1 is 1.43 bits per heavy atom. The SMILES string of the molecule is COc1cc2occc2cc1CCO. The highest BCUT2D eigenvalue weighted by Gasteiger charge is 2.06. The van der Waals surface area contributed by atoms with Gasteiger partial charge in [0.1, 0.15) is 11.3 Å². The van der Waals surface area contributed by atoms with E-state index in [-0.39, 0.29) is 6.61 Å². The van der Waals surface area contributed by atoms with Crippen LogP contribution in [0.2, 0.25) is 0 Å². The van der Waals surface area contributed by atoms with E-state index in [9.17, 15) is 0 Å². The molecular weight excluding hydrogens is 180 g/mol. The number of rotatable bonds is 3. The van der Waals surface area contributed by atoms with Gasteiger partial charge in [0.2, 0.25) is 0 Å². The number of fused-ring (bicyclic) bond motifs is 1. The largest absolute Gasteiger partial charge is 0.496 e. The molecule has 3 heteroatoms. The summed E-state index contributed by atoms with van der Waals surface area (Å²) >= 11 is 0. The van der Waals surface area contributed by atoms with Gasteiger partial charge >= 0.3 is 0 Å². The van der Waals surface area contributed by atoms with Crippen molar-refractivity contribution in [3.63, 3.8) is 0 Å². The topological polar surface area (TPSA) is 42.6 Å². The zero-order chi connectivity index (χ0) is 9.97. The molecule has 2 aromatic rings. The van der Waals surface area contributed by atoms with Gasteiger partial charge in [-0.15, -0.1) is 0 Å². The first-order chi connectivity index (χ1) is 6.85. The Hall–Kier alpha value is -1.48. The molecule has 2 rings (SSSR count). The number of methoxy groups -OCH3 is 1. The fourth-order valence-electron chi connectivity index (χ4n) is 1.54. The molecule has 0 aliphatic heterocycles. The van der Waals surface area contributed by atoms with Gasteiger partial charge in [-0.3, -0.25) is 0 Å². The molecule has 0 unspecified atom stereocenters. The van der Waals surface area contributed by atoms with E-state index in [1.165, 1.54) is 0 Å². The summed E-state index contributed by atoms with van der Waals surface area (Å²) in [5.41, 5.74) is 1.81. The standard InChI is InChI=1S/C11H12O3/c1-13-10-7-11-9(3-5-14-11)6-8(10)2-4-12/h3,5-7,12H,2,4H2,1H3. The molecule has 1 heterocycles. The van der Waals surface area contributed by atoms with Crippen molar-refractivity contribution in [2.75, 3.05) is 13.7 Å². The number of hydrogen-bond acceptors (Lipinski definition) is 3. The van der Waals surface area contributed by atoms with Crippen molar-refractivity contribution in [3.8, 4) is 5.75 Å². The van der Waals surface area contributed by atoms with Crippen LogP contribution in [0, 0.1) is 0 Å². The number of furan rings is 1. The molecule has 0 saturated carbocycles. The molecule has 0 amide bonds. The van der Waals surface area contributed by atoms with Crippen LogP contribution in [0.4, 0.5) is 0 Å². The number of aliphatic hydroxyl groups excluding tert-OH is 1. The first kappa shape index (κ1) is 9.09. The van der Waals surface area contributed by atoms with Crippen molar-refractivity contribution >= 4 is 11.0 Å².